The average molecular weight is 289 g/mol. The highest BCUT2D eigenvalue weighted by molar-refractivity contribution is 5.78. The van der Waals surface area contributed by atoms with E-state index < -0.39 is 23.2 Å². The van der Waals surface area contributed by atoms with E-state index in [2.05, 4.69) is 5.32 Å². The largest absolute Gasteiger partial charge is 0.480 e. The lowest BCUT2D eigenvalue weighted by Gasteiger charge is -2.28. The summed E-state index contributed by atoms with van der Waals surface area (Å²) in [5, 5.41) is 12.1. The molecule has 0 radical (unpaired) electrons. The zero-order chi connectivity index (χ0) is 15.4. The van der Waals surface area contributed by atoms with Crippen molar-refractivity contribution in [2.45, 2.75) is 44.9 Å². The molecule has 0 aromatic heterocycles. The van der Waals surface area contributed by atoms with Crippen LogP contribution in [0, 0.1) is 0 Å². The first-order valence-electron chi connectivity index (χ1n) is 6.39. The van der Waals surface area contributed by atoms with Crippen LogP contribution in [0.2, 0.25) is 0 Å². The van der Waals surface area contributed by atoms with Crippen LogP contribution in [-0.4, -0.2) is 16.6 Å². The van der Waals surface area contributed by atoms with Crippen molar-refractivity contribution in [2.75, 3.05) is 0 Å². The van der Waals surface area contributed by atoms with Crippen molar-refractivity contribution in [3.05, 3.63) is 35.4 Å². The van der Waals surface area contributed by atoms with E-state index in [1.54, 1.807) is 19.9 Å². The van der Waals surface area contributed by atoms with Gasteiger partial charge in [0.05, 0.1) is 5.56 Å². The second-order valence-electron chi connectivity index (χ2n) is 4.65. The highest BCUT2D eigenvalue weighted by Crippen LogP contribution is 2.29. The van der Waals surface area contributed by atoms with Crippen LogP contribution in [-0.2, 0) is 17.5 Å². The van der Waals surface area contributed by atoms with Gasteiger partial charge in [-0.3, -0.25) is 10.1 Å². The van der Waals surface area contributed by atoms with Gasteiger partial charge < -0.3 is 5.11 Å². The Morgan fingerprint density at radius 2 is 1.85 bits per heavy atom. The van der Waals surface area contributed by atoms with Gasteiger partial charge in [0.15, 0.2) is 0 Å². The van der Waals surface area contributed by atoms with Crippen molar-refractivity contribution in [2.24, 2.45) is 0 Å². The molecule has 1 aromatic rings. The molecular formula is C14H18F3NO2. The summed E-state index contributed by atoms with van der Waals surface area (Å²) >= 11 is 0. The lowest BCUT2D eigenvalue weighted by atomic mass is 9.92. The Bertz CT molecular complexity index is 468. The van der Waals surface area contributed by atoms with Crippen LogP contribution >= 0.6 is 0 Å². The maximum atomic E-state index is 12.6. The number of carboxylic acids is 1. The fourth-order valence-electron chi connectivity index (χ4n) is 2.01. The van der Waals surface area contributed by atoms with Crippen molar-refractivity contribution >= 4 is 5.97 Å². The molecule has 0 atom stereocenters. The quantitative estimate of drug-likeness (QED) is 0.843. The molecule has 0 fully saturated rings. The molecular weight excluding hydrogens is 271 g/mol. The topological polar surface area (TPSA) is 49.3 Å². The number of hydrogen-bond donors (Lipinski definition) is 2. The summed E-state index contributed by atoms with van der Waals surface area (Å²) in [4.78, 5) is 11.3. The number of aliphatic carboxylic acids is 1. The summed E-state index contributed by atoms with van der Waals surface area (Å²) < 4.78 is 37.8. The molecule has 0 aliphatic heterocycles. The summed E-state index contributed by atoms with van der Waals surface area (Å²) in [6.07, 6.45) is -3.68. The summed E-state index contributed by atoms with van der Waals surface area (Å²) in [5.41, 5.74) is -1.42. The van der Waals surface area contributed by atoms with E-state index in [1.165, 1.54) is 6.07 Å². The van der Waals surface area contributed by atoms with Crippen LogP contribution in [0.3, 0.4) is 0 Å². The zero-order valence-electron chi connectivity index (χ0n) is 11.4. The van der Waals surface area contributed by atoms with Gasteiger partial charge in [-0.15, -0.1) is 0 Å². The van der Waals surface area contributed by atoms with E-state index in [0.29, 0.717) is 18.4 Å². The van der Waals surface area contributed by atoms with Gasteiger partial charge in [-0.2, -0.15) is 13.2 Å². The molecule has 1 aromatic carbocycles. The smallest absolute Gasteiger partial charge is 0.416 e. The number of hydrogen-bond acceptors (Lipinski definition) is 2. The fourth-order valence-corrected chi connectivity index (χ4v) is 2.01. The highest BCUT2D eigenvalue weighted by Gasteiger charge is 2.34. The molecule has 3 nitrogen and oxygen atoms in total. The molecule has 20 heavy (non-hydrogen) atoms. The van der Waals surface area contributed by atoms with Crippen LogP contribution in [0.25, 0.3) is 0 Å². The molecule has 6 heteroatoms. The van der Waals surface area contributed by atoms with Gasteiger partial charge in [0.25, 0.3) is 0 Å². The molecule has 0 amide bonds. The Morgan fingerprint density at radius 3 is 2.30 bits per heavy atom. The SMILES string of the molecule is CCC(CC)(NCc1cccc(C(F)(F)F)c1)C(=O)O. The van der Waals surface area contributed by atoms with Crippen molar-refractivity contribution in [1.29, 1.82) is 0 Å². The van der Waals surface area contributed by atoms with E-state index in [9.17, 15) is 23.1 Å². The first-order chi connectivity index (χ1) is 9.25. The molecule has 0 saturated carbocycles. The summed E-state index contributed by atoms with van der Waals surface area (Å²) in [6, 6.07) is 4.89. The maximum absolute atomic E-state index is 12.6. The van der Waals surface area contributed by atoms with Crippen LogP contribution < -0.4 is 5.32 Å². The second-order valence-corrected chi connectivity index (χ2v) is 4.65. The van der Waals surface area contributed by atoms with Crippen LogP contribution in [0.5, 0.6) is 0 Å². The van der Waals surface area contributed by atoms with Crippen molar-refractivity contribution in [3.63, 3.8) is 0 Å². The third kappa shape index (κ3) is 3.72. The second kappa shape index (κ2) is 6.26. The summed E-state index contributed by atoms with van der Waals surface area (Å²) in [7, 11) is 0. The number of alkyl halides is 3. The molecule has 0 unspecified atom stereocenters. The van der Waals surface area contributed by atoms with E-state index in [1.807, 2.05) is 0 Å². The predicted molar refractivity (Wildman–Crippen MR) is 69.2 cm³/mol. The first-order valence-corrected chi connectivity index (χ1v) is 6.39. The van der Waals surface area contributed by atoms with Gasteiger partial charge in [-0.25, -0.2) is 0 Å². The minimum atomic E-state index is -4.39. The zero-order valence-corrected chi connectivity index (χ0v) is 11.4. The average Bonchev–Trinajstić information content (AvgIpc) is 2.39. The Balaban J connectivity index is 2.87. The molecule has 0 saturated heterocycles. The fraction of sp³-hybridized carbons (Fsp3) is 0.500. The summed E-state index contributed by atoms with van der Waals surface area (Å²) in [6.45, 7) is 3.55. The van der Waals surface area contributed by atoms with Crippen LogP contribution in [0.15, 0.2) is 24.3 Å². The number of carbonyl (C=O) groups is 1. The van der Waals surface area contributed by atoms with Crippen molar-refractivity contribution in [1.82, 2.24) is 5.32 Å². The molecule has 1 rings (SSSR count). The minimum absolute atomic E-state index is 0.0813. The third-order valence-electron chi connectivity index (χ3n) is 3.50. The molecule has 0 aliphatic carbocycles. The number of rotatable bonds is 6. The van der Waals surface area contributed by atoms with Gasteiger partial charge in [0, 0.05) is 6.54 Å². The Hall–Kier alpha value is -1.56. The normalized spacial score (nSPS) is 12.4. The number of carboxylic acid groups (broad SMARTS) is 1. The van der Waals surface area contributed by atoms with Gasteiger partial charge in [0.1, 0.15) is 5.54 Å². The van der Waals surface area contributed by atoms with E-state index in [-0.39, 0.29) is 6.54 Å². The monoisotopic (exact) mass is 289 g/mol. The number of halogens is 3. The Kier molecular flexibility index (Phi) is 5.16. The van der Waals surface area contributed by atoms with Gasteiger partial charge >= 0.3 is 12.1 Å². The Labute approximate surface area is 115 Å². The molecule has 0 heterocycles. The van der Waals surface area contributed by atoms with Gasteiger partial charge in [0.2, 0.25) is 0 Å². The lowest BCUT2D eigenvalue weighted by Crippen LogP contribution is -2.50. The summed E-state index contributed by atoms with van der Waals surface area (Å²) in [5.74, 6) is -0.991. The van der Waals surface area contributed by atoms with E-state index in [0.717, 1.165) is 12.1 Å². The minimum Gasteiger partial charge on any atom is -0.480 e. The molecule has 0 bridgehead atoms. The third-order valence-corrected chi connectivity index (χ3v) is 3.50. The Morgan fingerprint density at radius 1 is 1.25 bits per heavy atom. The van der Waals surface area contributed by atoms with Crippen LogP contribution in [0.1, 0.15) is 37.8 Å². The highest BCUT2D eigenvalue weighted by atomic mass is 19.4. The van der Waals surface area contributed by atoms with Gasteiger partial charge in [-0.1, -0.05) is 32.0 Å². The van der Waals surface area contributed by atoms with E-state index in [4.69, 9.17) is 0 Å². The van der Waals surface area contributed by atoms with Crippen molar-refractivity contribution < 1.29 is 23.1 Å². The molecule has 0 aliphatic rings. The van der Waals surface area contributed by atoms with E-state index >= 15 is 0 Å². The standard InChI is InChI=1S/C14H18F3NO2/c1-3-13(4-2,12(19)20)18-9-10-6-5-7-11(8-10)14(15,16)17/h5-8,18H,3-4,9H2,1-2H3,(H,19,20). The number of nitrogens with one attached hydrogen (secondary N) is 1. The molecule has 112 valence electrons. The first kappa shape index (κ1) is 16.5. The lowest BCUT2D eigenvalue weighted by molar-refractivity contribution is -0.145. The van der Waals surface area contributed by atoms with Crippen LogP contribution in [0.4, 0.5) is 13.2 Å². The molecule has 0 spiro atoms. The van der Waals surface area contributed by atoms with Crippen molar-refractivity contribution in [3.8, 4) is 0 Å². The molecule has 2 N–H and O–H groups in total. The predicted octanol–water partition coefficient (Wildman–Crippen LogP) is 3.44. The number of benzene rings is 1. The van der Waals surface area contributed by atoms with Gasteiger partial charge in [-0.05, 0) is 24.5 Å². The maximum Gasteiger partial charge on any atom is 0.416 e.